The van der Waals surface area contributed by atoms with E-state index in [2.05, 4.69) is 4.72 Å². The molecule has 2 rings (SSSR count). The Morgan fingerprint density at radius 2 is 2.20 bits per heavy atom. The normalized spacial score (nSPS) is 32.2. The van der Waals surface area contributed by atoms with Crippen LogP contribution in [-0.2, 0) is 14.8 Å². The summed E-state index contributed by atoms with van der Waals surface area (Å²) in [5.74, 6) is -0.331. The van der Waals surface area contributed by atoms with Gasteiger partial charge in [-0.05, 0) is 32.1 Å². The third kappa shape index (κ3) is 3.13. The number of fused-ring (bicyclic) bond motifs is 2. The molecule has 2 aliphatic heterocycles. The van der Waals surface area contributed by atoms with E-state index >= 15 is 0 Å². The van der Waals surface area contributed by atoms with Crippen LogP contribution in [0.1, 0.15) is 32.1 Å². The summed E-state index contributed by atoms with van der Waals surface area (Å²) < 4.78 is 24.3. The molecule has 0 aromatic rings. The molecule has 116 valence electrons. The number of carbonyl (C=O) groups is 1. The molecule has 0 aromatic heterocycles. The molecule has 0 aromatic carbocycles. The van der Waals surface area contributed by atoms with Crippen molar-refractivity contribution in [1.82, 2.24) is 9.62 Å². The van der Waals surface area contributed by atoms with Crippen molar-refractivity contribution in [2.24, 2.45) is 5.73 Å². The van der Waals surface area contributed by atoms with Crippen molar-refractivity contribution < 1.29 is 18.3 Å². The van der Waals surface area contributed by atoms with Gasteiger partial charge in [-0.25, -0.2) is 13.1 Å². The summed E-state index contributed by atoms with van der Waals surface area (Å²) in [5, 5.41) is 10.0. The number of nitrogens with two attached hydrogens (primary N) is 1. The Bertz CT molecular complexity index is 477. The smallest absolute Gasteiger partial charge is 0.237 e. The van der Waals surface area contributed by atoms with Gasteiger partial charge >= 0.3 is 0 Å². The molecule has 2 fully saturated rings. The summed E-state index contributed by atoms with van der Waals surface area (Å²) in [6.07, 6.45) is 4.56. The summed E-state index contributed by atoms with van der Waals surface area (Å²) in [4.78, 5) is 13.8. The van der Waals surface area contributed by atoms with Gasteiger partial charge in [0.1, 0.15) is 5.54 Å². The van der Waals surface area contributed by atoms with E-state index in [0.717, 1.165) is 38.4 Å². The van der Waals surface area contributed by atoms with Gasteiger partial charge in [0.15, 0.2) is 0 Å². The van der Waals surface area contributed by atoms with Gasteiger partial charge in [-0.1, -0.05) is 0 Å². The fraction of sp³-hybridized carbons (Fsp3) is 0.917. The number of carbonyl (C=O) groups excluding carboxylic acids is 1. The van der Waals surface area contributed by atoms with Gasteiger partial charge in [-0.15, -0.1) is 0 Å². The highest BCUT2D eigenvalue weighted by molar-refractivity contribution is 7.88. The topological polar surface area (TPSA) is 113 Å². The van der Waals surface area contributed by atoms with Crippen LogP contribution in [0.2, 0.25) is 0 Å². The molecule has 8 heteroatoms. The zero-order valence-corrected chi connectivity index (χ0v) is 12.5. The first-order chi connectivity index (χ1) is 9.24. The molecule has 0 saturated carbocycles. The molecular weight excluding hydrogens is 282 g/mol. The second-order valence-corrected chi connectivity index (χ2v) is 7.74. The third-order valence-corrected chi connectivity index (χ3v) is 5.15. The molecule has 1 unspecified atom stereocenters. The number of rotatable bonds is 6. The van der Waals surface area contributed by atoms with E-state index in [-0.39, 0.29) is 25.0 Å². The van der Waals surface area contributed by atoms with E-state index in [1.807, 2.05) is 4.90 Å². The quantitative estimate of drug-likeness (QED) is 0.569. The lowest BCUT2D eigenvalue weighted by molar-refractivity contribution is -0.132. The number of primary amides is 1. The summed E-state index contributed by atoms with van der Waals surface area (Å²) >= 11 is 0. The van der Waals surface area contributed by atoms with Gasteiger partial charge in [0.2, 0.25) is 15.9 Å². The van der Waals surface area contributed by atoms with Crippen LogP contribution in [-0.4, -0.2) is 61.4 Å². The van der Waals surface area contributed by atoms with Crippen LogP contribution in [0, 0.1) is 0 Å². The Labute approximate surface area is 119 Å². The second-order valence-electron chi connectivity index (χ2n) is 5.91. The van der Waals surface area contributed by atoms with E-state index in [1.165, 1.54) is 0 Å². The average Bonchev–Trinajstić information content (AvgIpc) is 2.56. The van der Waals surface area contributed by atoms with E-state index in [0.29, 0.717) is 0 Å². The number of nitrogens with one attached hydrogen (secondary N) is 1. The molecule has 0 radical (unpaired) electrons. The molecule has 3 atom stereocenters. The molecule has 1 amide bonds. The predicted molar refractivity (Wildman–Crippen MR) is 74.4 cm³/mol. The van der Waals surface area contributed by atoms with Crippen LogP contribution in [0.5, 0.6) is 0 Å². The molecule has 2 aliphatic rings. The first-order valence-corrected chi connectivity index (χ1v) is 8.83. The fourth-order valence-electron chi connectivity index (χ4n) is 3.50. The first kappa shape index (κ1) is 15.7. The zero-order chi connectivity index (χ0) is 15.0. The predicted octanol–water partition coefficient (Wildman–Crippen LogP) is -1.23. The van der Waals surface area contributed by atoms with Crippen LogP contribution < -0.4 is 10.5 Å². The molecule has 0 aliphatic carbocycles. The van der Waals surface area contributed by atoms with Crippen molar-refractivity contribution in [1.29, 1.82) is 0 Å². The van der Waals surface area contributed by atoms with Gasteiger partial charge in [0, 0.05) is 19.1 Å². The maximum absolute atomic E-state index is 11.8. The number of amides is 1. The Balaban J connectivity index is 2.02. The number of hydrogen-bond donors (Lipinski definition) is 3. The summed E-state index contributed by atoms with van der Waals surface area (Å²) in [6.45, 7) is 0.229. The highest BCUT2D eigenvalue weighted by atomic mass is 32.2. The summed E-state index contributed by atoms with van der Waals surface area (Å²) in [7, 11) is -3.32. The molecule has 20 heavy (non-hydrogen) atoms. The average molecular weight is 305 g/mol. The Hall–Kier alpha value is -0.700. The lowest BCUT2D eigenvalue weighted by Gasteiger charge is -2.43. The van der Waals surface area contributed by atoms with Crippen LogP contribution in [0.15, 0.2) is 0 Å². The zero-order valence-electron chi connectivity index (χ0n) is 11.7. The van der Waals surface area contributed by atoms with Gasteiger partial charge in [0.25, 0.3) is 0 Å². The third-order valence-electron chi connectivity index (χ3n) is 4.46. The Morgan fingerprint density at radius 3 is 2.80 bits per heavy atom. The number of nitrogens with zero attached hydrogens (tertiary/aromatic N) is 1. The minimum Gasteiger partial charge on any atom is -0.390 e. The largest absolute Gasteiger partial charge is 0.390 e. The van der Waals surface area contributed by atoms with Crippen LogP contribution in [0.25, 0.3) is 0 Å². The van der Waals surface area contributed by atoms with Gasteiger partial charge in [-0.3, -0.25) is 9.69 Å². The minimum absolute atomic E-state index is 0.0447. The molecule has 7 nitrogen and oxygen atoms in total. The number of hydrogen-bond acceptors (Lipinski definition) is 5. The maximum Gasteiger partial charge on any atom is 0.237 e. The Morgan fingerprint density at radius 1 is 1.50 bits per heavy atom. The van der Waals surface area contributed by atoms with Gasteiger partial charge < -0.3 is 10.8 Å². The van der Waals surface area contributed by atoms with Crippen molar-refractivity contribution in [2.75, 3.05) is 19.3 Å². The van der Waals surface area contributed by atoms with E-state index < -0.39 is 21.7 Å². The number of β-amino-alcohol motifs (C(OH)–C–C–N with tert-alkyl or cyclic N) is 1. The van der Waals surface area contributed by atoms with E-state index in [4.69, 9.17) is 5.73 Å². The van der Waals surface area contributed by atoms with Gasteiger partial charge in [-0.2, -0.15) is 0 Å². The highest BCUT2D eigenvalue weighted by Crippen LogP contribution is 2.43. The van der Waals surface area contributed by atoms with Crippen molar-refractivity contribution in [3.63, 3.8) is 0 Å². The van der Waals surface area contributed by atoms with Crippen LogP contribution >= 0.6 is 0 Å². The molecular formula is C12H23N3O4S. The first-order valence-electron chi connectivity index (χ1n) is 6.94. The fourth-order valence-corrected chi connectivity index (χ4v) is 4.00. The second kappa shape index (κ2) is 5.59. The number of aliphatic hydroxyl groups excluding tert-OH is 1. The number of aliphatic hydroxyl groups is 1. The van der Waals surface area contributed by atoms with Crippen molar-refractivity contribution in [2.45, 2.75) is 49.8 Å². The molecule has 2 saturated heterocycles. The van der Waals surface area contributed by atoms with E-state index in [9.17, 15) is 18.3 Å². The maximum atomic E-state index is 11.8. The van der Waals surface area contributed by atoms with Crippen LogP contribution in [0.4, 0.5) is 0 Å². The summed E-state index contributed by atoms with van der Waals surface area (Å²) in [6, 6.07) is 0.268. The lowest BCUT2D eigenvalue weighted by Crippen LogP contribution is -2.60. The monoisotopic (exact) mass is 305 g/mol. The van der Waals surface area contributed by atoms with E-state index in [1.54, 1.807) is 0 Å². The SMILES string of the molecule is CS(=O)(=O)NCC(O)CN1[C@@H]2CCC[C@@]1(C(N)=O)CC2. The van der Waals surface area contributed by atoms with Crippen molar-refractivity contribution in [3.05, 3.63) is 0 Å². The molecule has 2 heterocycles. The highest BCUT2D eigenvalue weighted by Gasteiger charge is 2.52. The Kier molecular flexibility index (Phi) is 4.38. The standard InChI is InChI=1S/C12H23N3O4S/c1-20(18,19)14-7-10(16)8-15-9-3-2-5-12(15,6-4-9)11(13)17/h9-10,14,16H,2-8H2,1H3,(H2,13,17)/t9-,10?,12+/m1/s1. The minimum atomic E-state index is -3.32. The van der Waals surface area contributed by atoms with Crippen molar-refractivity contribution >= 4 is 15.9 Å². The van der Waals surface area contributed by atoms with Crippen molar-refractivity contribution in [3.8, 4) is 0 Å². The van der Waals surface area contributed by atoms with Crippen LogP contribution in [0.3, 0.4) is 0 Å². The number of sulfonamides is 1. The molecule has 2 bridgehead atoms. The molecule has 4 N–H and O–H groups in total. The number of piperidine rings is 1. The van der Waals surface area contributed by atoms with Gasteiger partial charge in [0.05, 0.1) is 12.4 Å². The molecule has 0 spiro atoms. The lowest BCUT2D eigenvalue weighted by atomic mass is 9.87. The summed E-state index contributed by atoms with van der Waals surface area (Å²) in [5.41, 5.74) is 4.93.